The van der Waals surface area contributed by atoms with Gasteiger partial charge in [-0.15, -0.1) is 0 Å². The van der Waals surface area contributed by atoms with Crippen LogP contribution in [0.5, 0.6) is 0 Å². The highest BCUT2D eigenvalue weighted by Crippen LogP contribution is 2.25. The van der Waals surface area contributed by atoms with Crippen molar-refractivity contribution in [2.75, 3.05) is 32.0 Å². The Morgan fingerprint density at radius 3 is 2.36 bits per heavy atom. The summed E-state index contributed by atoms with van der Waals surface area (Å²) in [4.78, 5) is 19.4. The van der Waals surface area contributed by atoms with Crippen LogP contribution in [0.2, 0.25) is 0 Å². The molecular weight excluding hydrogens is 480 g/mol. The molecule has 11 heteroatoms. The first-order chi connectivity index (χ1) is 17.2. The zero-order valence-corrected chi connectivity index (χ0v) is 21.5. The zero-order chi connectivity index (χ0) is 26.2. The molecule has 3 aromatic rings. The third kappa shape index (κ3) is 6.64. The minimum absolute atomic E-state index is 0.0486. The highest BCUT2D eigenvalue weighted by Gasteiger charge is 2.26. The minimum atomic E-state index is -3.89. The zero-order valence-electron chi connectivity index (χ0n) is 20.7. The molecule has 0 aliphatic carbocycles. The van der Waals surface area contributed by atoms with Gasteiger partial charge in [0.2, 0.25) is 10.0 Å². The number of nitrogens with zero attached hydrogens (tertiary/aromatic N) is 3. The van der Waals surface area contributed by atoms with Gasteiger partial charge in [-0.05, 0) is 50.1 Å². The second-order valence-electron chi connectivity index (χ2n) is 8.25. The maximum absolute atomic E-state index is 13.1. The van der Waals surface area contributed by atoms with Crippen molar-refractivity contribution in [1.82, 2.24) is 24.7 Å². The van der Waals surface area contributed by atoms with Crippen LogP contribution in [0.15, 0.2) is 71.9 Å². The monoisotopic (exact) mass is 513 g/mol. The summed E-state index contributed by atoms with van der Waals surface area (Å²) in [7, 11) is -1.96. The number of hydrogen-bond donors (Lipinski definition) is 4. The molecular formula is C25H33N6O4S+. The molecule has 1 aromatic carbocycles. The van der Waals surface area contributed by atoms with Crippen molar-refractivity contribution in [3.8, 4) is 0 Å². The van der Waals surface area contributed by atoms with E-state index in [9.17, 15) is 13.2 Å². The van der Waals surface area contributed by atoms with Crippen LogP contribution >= 0.6 is 0 Å². The number of carboxylic acid groups (broad SMARTS) is 1. The number of carboxylic acids is 1. The van der Waals surface area contributed by atoms with E-state index in [4.69, 9.17) is 5.11 Å². The number of rotatable bonds is 13. The van der Waals surface area contributed by atoms with Crippen molar-refractivity contribution in [2.45, 2.75) is 31.2 Å². The Balaban J connectivity index is 1.94. The Labute approximate surface area is 212 Å². The van der Waals surface area contributed by atoms with E-state index in [0.717, 1.165) is 24.3 Å². The van der Waals surface area contributed by atoms with E-state index < -0.39 is 22.0 Å². The highest BCUT2D eigenvalue weighted by molar-refractivity contribution is 7.89. The summed E-state index contributed by atoms with van der Waals surface area (Å²) < 4.78 is 29.6. The topological polar surface area (TPSA) is 133 Å². The molecule has 2 aromatic heterocycles. The van der Waals surface area contributed by atoms with Crippen LogP contribution in [0.4, 0.5) is 11.5 Å². The van der Waals surface area contributed by atoms with Gasteiger partial charge in [0, 0.05) is 31.6 Å². The highest BCUT2D eigenvalue weighted by atomic mass is 32.2. The SMILES string of the molecule is CC[N+](CC)(NC)c1ccc(CC(NS(=O)(=O)c2cccnc2)c2cccc(NCC(=O)O)n2)cc1. The number of nitrogens with one attached hydrogen (secondary N) is 3. The van der Waals surface area contributed by atoms with Crippen LogP contribution in [-0.2, 0) is 21.2 Å². The lowest BCUT2D eigenvalue weighted by molar-refractivity contribution is -0.134. The van der Waals surface area contributed by atoms with Gasteiger partial charge < -0.3 is 10.4 Å². The standard InChI is InChI=1S/C25H32N6O4S/c1-4-31(5-2,26-3)20-13-11-19(12-14-20)16-23(30-36(34,35)21-8-7-15-27-17-21)22-9-6-10-24(29-22)28-18-25(32)33/h6-15,17,23,26,30H,4-5,16,18H2,1-3H3,(H-,28,29,32,33)/p+1. The maximum atomic E-state index is 13.1. The Kier molecular flexibility index (Phi) is 9.10. The first-order valence-corrected chi connectivity index (χ1v) is 13.2. The summed E-state index contributed by atoms with van der Waals surface area (Å²) >= 11 is 0. The molecule has 4 N–H and O–H groups in total. The molecule has 3 rings (SSSR count). The van der Waals surface area contributed by atoms with Crippen molar-refractivity contribution in [3.63, 3.8) is 0 Å². The van der Waals surface area contributed by atoms with E-state index in [-0.39, 0.29) is 11.4 Å². The third-order valence-electron chi connectivity index (χ3n) is 6.17. The molecule has 0 aliphatic rings. The van der Waals surface area contributed by atoms with E-state index in [0.29, 0.717) is 22.5 Å². The average Bonchev–Trinajstić information content (AvgIpc) is 2.90. The lowest BCUT2D eigenvalue weighted by atomic mass is 10.0. The Hall–Kier alpha value is -3.38. The lowest BCUT2D eigenvalue weighted by Crippen LogP contribution is -2.57. The molecule has 0 saturated carbocycles. The molecule has 36 heavy (non-hydrogen) atoms. The largest absolute Gasteiger partial charge is 0.480 e. The molecule has 0 fully saturated rings. The van der Waals surface area contributed by atoms with Crippen LogP contribution in [-0.4, -0.2) is 56.1 Å². The molecule has 10 nitrogen and oxygen atoms in total. The number of sulfonamides is 1. The summed E-state index contributed by atoms with van der Waals surface area (Å²) in [6.45, 7) is 5.69. The Morgan fingerprint density at radius 1 is 1.06 bits per heavy atom. The number of aliphatic carboxylic acids is 1. The van der Waals surface area contributed by atoms with E-state index in [2.05, 4.69) is 39.3 Å². The molecule has 0 bridgehead atoms. The number of hydrogen-bond acceptors (Lipinski definition) is 7. The molecule has 0 spiro atoms. The normalized spacial score (nSPS) is 12.8. The van der Waals surface area contributed by atoms with Crippen molar-refractivity contribution >= 4 is 27.5 Å². The first-order valence-electron chi connectivity index (χ1n) is 11.7. The van der Waals surface area contributed by atoms with Gasteiger partial charge in [0.25, 0.3) is 0 Å². The smallest absolute Gasteiger partial charge is 0.322 e. The van der Waals surface area contributed by atoms with Crippen LogP contribution in [0, 0.1) is 0 Å². The molecule has 0 radical (unpaired) electrons. The number of benzene rings is 1. The second-order valence-corrected chi connectivity index (χ2v) is 9.97. The Bertz CT molecular complexity index is 1240. The van der Waals surface area contributed by atoms with Crippen LogP contribution in [0.25, 0.3) is 0 Å². The fourth-order valence-corrected chi connectivity index (χ4v) is 5.24. The molecule has 0 amide bonds. The molecule has 1 unspecified atom stereocenters. The van der Waals surface area contributed by atoms with E-state index >= 15 is 0 Å². The quantitative estimate of drug-likeness (QED) is 0.203. The van der Waals surface area contributed by atoms with Gasteiger partial charge in [0.15, 0.2) is 5.69 Å². The van der Waals surface area contributed by atoms with Gasteiger partial charge in [-0.1, -0.05) is 18.2 Å². The van der Waals surface area contributed by atoms with Gasteiger partial charge in [0.05, 0.1) is 24.8 Å². The minimum Gasteiger partial charge on any atom is -0.480 e. The fraction of sp³-hybridized carbons (Fsp3) is 0.320. The number of carbonyl (C=O) groups is 1. The molecule has 1 atom stereocenters. The van der Waals surface area contributed by atoms with Crippen LogP contribution in [0.3, 0.4) is 0 Å². The number of pyridine rings is 2. The van der Waals surface area contributed by atoms with E-state index in [1.54, 1.807) is 24.3 Å². The number of quaternary nitrogens is 1. The van der Waals surface area contributed by atoms with Crippen molar-refractivity contribution < 1.29 is 18.3 Å². The third-order valence-corrected chi connectivity index (χ3v) is 7.63. The predicted octanol–water partition coefficient (Wildman–Crippen LogP) is 2.72. The summed E-state index contributed by atoms with van der Waals surface area (Å²) in [6.07, 6.45) is 3.14. The van der Waals surface area contributed by atoms with Gasteiger partial charge >= 0.3 is 5.97 Å². The predicted molar refractivity (Wildman–Crippen MR) is 140 cm³/mol. The molecule has 0 saturated heterocycles. The summed E-state index contributed by atoms with van der Waals surface area (Å²) in [5.41, 5.74) is 5.87. The van der Waals surface area contributed by atoms with Gasteiger partial charge in [0.1, 0.15) is 17.3 Å². The fourth-order valence-electron chi connectivity index (χ4n) is 4.07. The summed E-state index contributed by atoms with van der Waals surface area (Å²) in [6, 6.07) is 15.5. The number of aromatic nitrogens is 2. The van der Waals surface area contributed by atoms with Crippen LogP contribution < -0.4 is 20.1 Å². The summed E-state index contributed by atoms with van der Waals surface area (Å²) in [5.74, 6) is -0.677. The van der Waals surface area contributed by atoms with Crippen molar-refractivity contribution in [2.24, 2.45) is 0 Å². The van der Waals surface area contributed by atoms with Crippen molar-refractivity contribution in [3.05, 3.63) is 78.2 Å². The maximum Gasteiger partial charge on any atom is 0.322 e. The molecule has 2 heterocycles. The molecule has 192 valence electrons. The molecule has 0 aliphatic heterocycles. The van der Waals surface area contributed by atoms with E-state index in [1.165, 1.54) is 18.5 Å². The van der Waals surface area contributed by atoms with Gasteiger partial charge in [-0.25, -0.2) is 22.7 Å². The second kappa shape index (κ2) is 12.0. The number of anilines is 1. The first kappa shape index (κ1) is 27.2. The van der Waals surface area contributed by atoms with Gasteiger partial charge in [-0.2, -0.15) is 5.43 Å². The lowest BCUT2D eigenvalue weighted by Gasteiger charge is -2.34. The Morgan fingerprint density at radius 2 is 1.78 bits per heavy atom. The average molecular weight is 514 g/mol. The van der Waals surface area contributed by atoms with Crippen LogP contribution in [0.1, 0.15) is 31.1 Å². The van der Waals surface area contributed by atoms with Crippen molar-refractivity contribution in [1.29, 1.82) is 0 Å². The van der Waals surface area contributed by atoms with Gasteiger partial charge in [-0.3, -0.25) is 9.78 Å². The van der Waals surface area contributed by atoms with E-state index in [1.807, 2.05) is 31.3 Å². The summed E-state index contributed by atoms with van der Waals surface area (Å²) in [5, 5.41) is 11.7.